The quantitative estimate of drug-likeness (QED) is 0.282. The molecular weight excluding hydrogens is 148 g/mol. The number of ether oxygens (including phenoxy) is 1. The molecule has 0 aromatic rings. The summed E-state index contributed by atoms with van der Waals surface area (Å²) in [6.07, 6.45) is -0.805. The second-order valence-electron chi connectivity index (χ2n) is 1.80. The molecular formula is C6H12N2O3. The lowest BCUT2D eigenvalue weighted by atomic mass is 10.4. The van der Waals surface area contributed by atoms with Crippen LogP contribution in [0.1, 0.15) is 13.8 Å². The Morgan fingerprint density at radius 3 is 2.73 bits per heavy atom. The highest BCUT2D eigenvalue weighted by Crippen LogP contribution is 1.86. The fourth-order valence-corrected chi connectivity index (χ4v) is 0.297. The van der Waals surface area contributed by atoms with E-state index in [0.29, 0.717) is 5.71 Å². The number of nitrogens with two attached hydrogens (primary N) is 1. The lowest BCUT2D eigenvalue weighted by Crippen LogP contribution is -2.12. The first-order valence-electron chi connectivity index (χ1n) is 3.28. The van der Waals surface area contributed by atoms with Gasteiger partial charge in [-0.2, -0.15) is 0 Å². The van der Waals surface area contributed by atoms with E-state index < -0.39 is 6.16 Å². The molecule has 0 aromatic heterocycles. The highest BCUT2D eigenvalue weighted by atomic mass is 16.8. The highest BCUT2D eigenvalue weighted by Gasteiger charge is 1.99. The maximum atomic E-state index is 10.5. The summed E-state index contributed by atoms with van der Waals surface area (Å²) in [5.41, 5.74) is 5.71. The van der Waals surface area contributed by atoms with Crippen molar-refractivity contribution >= 4 is 11.9 Å². The Morgan fingerprint density at radius 2 is 2.27 bits per heavy atom. The zero-order valence-corrected chi connectivity index (χ0v) is 6.66. The molecule has 0 saturated carbocycles. The molecule has 0 bridgehead atoms. The van der Waals surface area contributed by atoms with E-state index in [4.69, 9.17) is 5.73 Å². The van der Waals surface area contributed by atoms with E-state index in [1.54, 1.807) is 13.8 Å². The van der Waals surface area contributed by atoms with Crippen LogP contribution in [0.5, 0.6) is 0 Å². The largest absolute Gasteiger partial charge is 0.535 e. The molecule has 0 spiro atoms. The Hall–Kier alpha value is -1.10. The molecule has 0 amide bonds. The molecule has 0 aromatic carbocycles. The molecule has 11 heavy (non-hydrogen) atoms. The molecule has 5 nitrogen and oxygen atoms in total. The lowest BCUT2D eigenvalue weighted by Gasteiger charge is -1.97. The summed E-state index contributed by atoms with van der Waals surface area (Å²) >= 11 is 0. The van der Waals surface area contributed by atoms with E-state index in [0.717, 1.165) is 0 Å². The van der Waals surface area contributed by atoms with Crippen LogP contribution in [0, 0.1) is 0 Å². The second-order valence-corrected chi connectivity index (χ2v) is 1.80. The number of carbonyl (C=O) groups excluding carboxylic acids is 1. The summed E-state index contributed by atoms with van der Waals surface area (Å²) < 4.78 is 4.43. The minimum Gasteiger partial charge on any atom is -0.433 e. The number of carbonyl (C=O) groups is 1. The minimum absolute atomic E-state index is 0.263. The van der Waals surface area contributed by atoms with E-state index in [1.165, 1.54) is 0 Å². The predicted molar refractivity (Wildman–Crippen MR) is 40.3 cm³/mol. The van der Waals surface area contributed by atoms with Crippen LogP contribution in [0.15, 0.2) is 5.16 Å². The Kier molecular flexibility index (Phi) is 5.10. The average molecular weight is 160 g/mol. The summed E-state index contributed by atoms with van der Waals surface area (Å²) in [5, 5.41) is 3.38. The first-order valence-corrected chi connectivity index (χ1v) is 3.28. The maximum Gasteiger partial charge on any atom is 0.535 e. The van der Waals surface area contributed by atoms with Crippen molar-refractivity contribution in [2.45, 2.75) is 13.8 Å². The number of nitrogens with zero attached hydrogens (tertiary/aromatic N) is 1. The van der Waals surface area contributed by atoms with Crippen molar-refractivity contribution in [2.24, 2.45) is 10.9 Å². The monoisotopic (exact) mass is 160 g/mol. The lowest BCUT2D eigenvalue weighted by molar-refractivity contribution is 0.0612. The molecule has 0 rings (SSSR count). The summed E-state index contributed by atoms with van der Waals surface area (Å²) in [4.78, 5) is 14.8. The van der Waals surface area contributed by atoms with Crippen LogP contribution in [0.25, 0.3) is 0 Å². The van der Waals surface area contributed by atoms with Gasteiger partial charge in [-0.05, 0) is 13.8 Å². The summed E-state index contributed by atoms with van der Waals surface area (Å²) in [6, 6.07) is 0. The van der Waals surface area contributed by atoms with Crippen molar-refractivity contribution < 1.29 is 14.4 Å². The van der Waals surface area contributed by atoms with E-state index in [-0.39, 0.29) is 13.2 Å². The number of oxime groups is 1. The standard InChI is InChI=1S/C6H12N2O3/c1-3-10-6(9)11-8-5(2)4-7/h3-4,7H2,1-2H3/b8-5+. The first-order chi connectivity index (χ1) is 5.20. The van der Waals surface area contributed by atoms with Crippen molar-refractivity contribution in [3.05, 3.63) is 0 Å². The number of hydrogen-bond acceptors (Lipinski definition) is 5. The average Bonchev–Trinajstić information content (AvgIpc) is 2.01. The minimum atomic E-state index is -0.805. The fourth-order valence-electron chi connectivity index (χ4n) is 0.297. The van der Waals surface area contributed by atoms with E-state index in [1.807, 2.05) is 0 Å². The van der Waals surface area contributed by atoms with E-state index in [9.17, 15) is 4.79 Å². The van der Waals surface area contributed by atoms with Crippen molar-refractivity contribution in [1.82, 2.24) is 0 Å². The number of hydrogen-bond donors (Lipinski definition) is 1. The summed E-state index contributed by atoms with van der Waals surface area (Å²) in [7, 11) is 0. The van der Waals surface area contributed by atoms with Gasteiger partial charge in [0.25, 0.3) is 0 Å². The first kappa shape index (κ1) is 9.90. The van der Waals surface area contributed by atoms with Gasteiger partial charge in [-0.25, -0.2) is 4.79 Å². The Morgan fingerprint density at radius 1 is 1.64 bits per heavy atom. The van der Waals surface area contributed by atoms with Crippen LogP contribution in [0.2, 0.25) is 0 Å². The van der Waals surface area contributed by atoms with Crippen molar-refractivity contribution in [3.63, 3.8) is 0 Å². The molecule has 0 aliphatic carbocycles. The van der Waals surface area contributed by atoms with E-state index in [2.05, 4.69) is 14.7 Å². The van der Waals surface area contributed by atoms with Crippen molar-refractivity contribution in [1.29, 1.82) is 0 Å². The van der Waals surface area contributed by atoms with Gasteiger partial charge in [0, 0.05) is 6.54 Å². The summed E-state index contributed by atoms with van der Waals surface area (Å²) in [5.74, 6) is 0. The van der Waals surface area contributed by atoms with Crippen LogP contribution >= 0.6 is 0 Å². The zero-order valence-electron chi connectivity index (χ0n) is 6.66. The topological polar surface area (TPSA) is 73.9 Å². The zero-order chi connectivity index (χ0) is 8.69. The molecule has 0 saturated heterocycles. The molecule has 2 N–H and O–H groups in total. The highest BCUT2D eigenvalue weighted by molar-refractivity contribution is 5.83. The smallest absolute Gasteiger partial charge is 0.433 e. The molecule has 0 atom stereocenters. The summed E-state index contributed by atoms with van der Waals surface area (Å²) in [6.45, 7) is 3.87. The van der Waals surface area contributed by atoms with Crippen molar-refractivity contribution in [3.8, 4) is 0 Å². The predicted octanol–water partition coefficient (Wildman–Crippen LogP) is 0.494. The van der Waals surface area contributed by atoms with Gasteiger partial charge in [-0.1, -0.05) is 5.16 Å². The molecule has 0 radical (unpaired) electrons. The van der Waals surface area contributed by atoms with Gasteiger partial charge in [0.05, 0.1) is 12.3 Å². The van der Waals surface area contributed by atoms with Gasteiger partial charge >= 0.3 is 6.16 Å². The second kappa shape index (κ2) is 5.67. The third-order valence-electron chi connectivity index (χ3n) is 0.834. The Balaban J connectivity index is 3.60. The molecule has 0 heterocycles. The molecule has 0 unspecified atom stereocenters. The van der Waals surface area contributed by atoms with Crippen LogP contribution in [-0.2, 0) is 9.57 Å². The normalized spacial score (nSPS) is 11.0. The number of rotatable bonds is 3. The van der Waals surface area contributed by atoms with Gasteiger partial charge < -0.3 is 10.5 Å². The molecule has 0 aliphatic rings. The van der Waals surface area contributed by atoms with Gasteiger partial charge in [0.2, 0.25) is 0 Å². The molecule has 0 fully saturated rings. The van der Waals surface area contributed by atoms with Gasteiger partial charge in [-0.3, -0.25) is 4.84 Å². The Labute approximate surface area is 65.1 Å². The molecule has 64 valence electrons. The van der Waals surface area contributed by atoms with Crippen LogP contribution in [-0.4, -0.2) is 25.0 Å². The maximum absolute atomic E-state index is 10.5. The molecule has 0 aliphatic heterocycles. The van der Waals surface area contributed by atoms with Crippen LogP contribution in [0.4, 0.5) is 4.79 Å². The Bertz CT molecular complexity index is 156. The van der Waals surface area contributed by atoms with Crippen LogP contribution in [0.3, 0.4) is 0 Å². The van der Waals surface area contributed by atoms with E-state index >= 15 is 0 Å². The van der Waals surface area contributed by atoms with Gasteiger partial charge in [0.1, 0.15) is 0 Å². The third-order valence-corrected chi connectivity index (χ3v) is 0.834. The SMILES string of the molecule is CCOC(=O)O/N=C(\C)CN. The third kappa shape index (κ3) is 5.35. The molecule has 5 heteroatoms. The van der Waals surface area contributed by atoms with Crippen LogP contribution < -0.4 is 5.73 Å². The van der Waals surface area contributed by atoms with Gasteiger partial charge in [-0.15, -0.1) is 0 Å². The van der Waals surface area contributed by atoms with Gasteiger partial charge in [0.15, 0.2) is 0 Å². The fraction of sp³-hybridized carbons (Fsp3) is 0.667. The van der Waals surface area contributed by atoms with Crippen molar-refractivity contribution in [2.75, 3.05) is 13.2 Å².